The lowest BCUT2D eigenvalue weighted by molar-refractivity contribution is -0.385. The summed E-state index contributed by atoms with van der Waals surface area (Å²) in [4.78, 5) is 10.4. The largest absolute Gasteiger partial charge is 0.487 e. The van der Waals surface area contributed by atoms with E-state index in [-0.39, 0.29) is 17.0 Å². The van der Waals surface area contributed by atoms with E-state index < -0.39 is 4.92 Å². The Morgan fingerprint density at radius 1 is 1.30 bits per heavy atom. The molecule has 1 aromatic rings. The topological polar surface area (TPSA) is 73.6 Å². The Morgan fingerprint density at radius 2 is 2.00 bits per heavy atom. The van der Waals surface area contributed by atoms with Gasteiger partial charge in [-0.1, -0.05) is 0 Å². The van der Waals surface area contributed by atoms with E-state index in [1.807, 2.05) is 20.8 Å². The lowest BCUT2D eigenvalue weighted by Crippen LogP contribution is -2.33. The fourth-order valence-corrected chi connectivity index (χ4v) is 1.80. The van der Waals surface area contributed by atoms with Crippen molar-refractivity contribution in [3.8, 4) is 5.75 Å². The van der Waals surface area contributed by atoms with Crippen LogP contribution in [0.1, 0.15) is 27.7 Å². The molecule has 0 aliphatic heterocycles. The summed E-state index contributed by atoms with van der Waals surface area (Å²) in [6, 6.07) is 4.76. The van der Waals surface area contributed by atoms with Crippen LogP contribution in [0.4, 0.5) is 11.4 Å². The minimum absolute atomic E-state index is 0.0264. The summed E-state index contributed by atoms with van der Waals surface area (Å²) >= 11 is 0. The molecule has 0 amide bonds. The number of rotatable bonds is 8. The van der Waals surface area contributed by atoms with Crippen LogP contribution in [0.5, 0.6) is 5.75 Å². The molecule has 0 radical (unpaired) electrons. The molecular formula is C14H22N2O4. The van der Waals surface area contributed by atoms with Crippen LogP contribution in [-0.2, 0) is 4.74 Å². The molecule has 0 saturated heterocycles. The van der Waals surface area contributed by atoms with E-state index in [0.717, 1.165) is 5.69 Å². The Bertz CT molecular complexity index is 460. The van der Waals surface area contributed by atoms with E-state index in [4.69, 9.17) is 9.47 Å². The van der Waals surface area contributed by atoms with Gasteiger partial charge in [-0.3, -0.25) is 10.1 Å². The average molecular weight is 282 g/mol. The van der Waals surface area contributed by atoms with Crippen molar-refractivity contribution in [3.63, 3.8) is 0 Å². The smallest absolute Gasteiger partial charge is 0.311 e. The van der Waals surface area contributed by atoms with Crippen LogP contribution < -0.4 is 10.1 Å². The third kappa shape index (κ3) is 4.70. The number of hydrogen-bond acceptors (Lipinski definition) is 5. The fraction of sp³-hybridized carbons (Fsp3) is 0.571. The van der Waals surface area contributed by atoms with Crippen molar-refractivity contribution in [1.82, 2.24) is 0 Å². The van der Waals surface area contributed by atoms with Crippen molar-refractivity contribution in [2.45, 2.75) is 33.3 Å². The molecule has 0 unspecified atom stereocenters. The van der Waals surface area contributed by atoms with Gasteiger partial charge < -0.3 is 14.8 Å². The normalized spacial score (nSPS) is 11.2. The van der Waals surface area contributed by atoms with Crippen molar-refractivity contribution < 1.29 is 14.4 Å². The number of nitro benzene ring substituents is 1. The number of hydrogen-bond donors (Lipinski definition) is 1. The maximum Gasteiger partial charge on any atom is 0.311 e. The van der Waals surface area contributed by atoms with Gasteiger partial charge in [0, 0.05) is 31.0 Å². The van der Waals surface area contributed by atoms with E-state index >= 15 is 0 Å². The molecule has 0 bridgehead atoms. The zero-order valence-corrected chi connectivity index (χ0v) is 12.4. The first-order chi connectivity index (χ1) is 9.39. The molecule has 20 heavy (non-hydrogen) atoms. The molecule has 6 nitrogen and oxygen atoms in total. The molecule has 112 valence electrons. The molecule has 1 N–H and O–H groups in total. The highest BCUT2D eigenvalue weighted by Gasteiger charge is 2.19. The van der Waals surface area contributed by atoms with Gasteiger partial charge in [0.1, 0.15) is 0 Å². The van der Waals surface area contributed by atoms with Gasteiger partial charge in [0.2, 0.25) is 0 Å². The van der Waals surface area contributed by atoms with Crippen LogP contribution in [0.3, 0.4) is 0 Å². The summed E-state index contributed by atoms with van der Waals surface area (Å²) in [6.45, 7) is 9.33. The van der Waals surface area contributed by atoms with E-state index in [2.05, 4.69) is 5.32 Å². The summed E-state index contributed by atoms with van der Waals surface area (Å²) in [5, 5.41) is 14.1. The number of benzene rings is 1. The Morgan fingerprint density at radius 3 is 2.55 bits per heavy atom. The van der Waals surface area contributed by atoms with Crippen molar-refractivity contribution in [3.05, 3.63) is 28.3 Å². The minimum atomic E-state index is -0.446. The van der Waals surface area contributed by atoms with Crippen LogP contribution in [-0.4, -0.2) is 30.3 Å². The standard InChI is InChI=1S/C14H22N2O4/c1-5-19-13-9-11(7-8-12(13)16(17)18)15-10-14(3,4)20-6-2/h7-9,15H,5-6,10H2,1-4H3. The maximum atomic E-state index is 10.9. The third-order valence-corrected chi connectivity index (χ3v) is 2.71. The quantitative estimate of drug-likeness (QED) is 0.585. The number of nitrogens with zero attached hydrogens (tertiary/aromatic N) is 1. The van der Waals surface area contributed by atoms with Gasteiger partial charge in [-0.05, 0) is 33.8 Å². The lowest BCUT2D eigenvalue weighted by atomic mass is 10.1. The third-order valence-electron chi connectivity index (χ3n) is 2.71. The van der Waals surface area contributed by atoms with Crippen LogP contribution in [0.25, 0.3) is 0 Å². The Kier molecular flexibility index (Phi) is 5.76. The molecule has 0 fully saturated rings. The number of nitrogens with one attached hydrogen (secondary N) is 1. The Balaban J connectivity index is 2.82. The minimum Gasteiger partial charge on any atom is -0.487 e. The molecule has 0 aliphatic rings. The molecule has 6 heteroatoms. The van der Waals surface area contributed by atoms with E-state index in [0.29, 0.717) is 19.8 Å². The van der Waals surface area contributed by atoms with Crippen LogP contribution >= 0.6 is 0 Å². The summed E-state index contributed by atoms with van der Waals surface area (Å²) < 4.78 is 10.9. The molecule has 0 spiro atoms. The number of nitro groups is 1. The summed E-state index contributed by atoms with van der Waals surface area (Å²) in [5.74, 6) is 0.275. The van der Waals surface area contributed by atoms with Crippen molar-refractivity contribution in [2.75, 3.05) is 25.1 Å². The zero-order chi connectivity index (χ0) is 15.2. The first-order valence-electron chi connectivity index (χ1n) is 6.68. The molecule has 1 aromatic carbocycles. The van der Waals surface area contributed by atoms with Gasteiger partial charge in [-0.15, -0.1) is 0 Å². The molecule has 1 rings (SSSR count). The van der Waals surface area contributed by atoms with Gasteiger partial charge in [0.25, 0.3) is 0 Å². The second-order valence-electron chi connectivity index (χ2n) is 4.92. The fourth-order valence-electron chi connectivity index (χ4n) is 1.80. The molecule has 0 saturated carbocycles. The molecule has 0 heterocycles. The van der Waals surface area contributed by atoms with Gasteiger partial charge in [0.05, 0.1) is 17.1 Å². The number of anilines is 1. The molecule has 0 aromatic heterocycles. The van der Waals surface area contributed by atoms with Gasteiger partial charge >= 0.3 is 5.69 Å². The van der Waals surface area contributed by atoms with Gasteiger partial charge in [-0.2, -0.15) is 0 Å². The van der Waals surface area contributed by atoms with Gasteiger partial charge in [-0.25, -0.2) is 0 Å². The monoisotopic (exact) mass is 282 g/mol. The van der Waals surface area contributed by atoms with Crippen LogP contribution in [0.15, 0.2) is 18.2 Å². The van der Waals surface area contributed by atoms with Crippen molar-refractivity contribution >= 4 is 11.4 Å². The predicted octanol–water partition coefficient (Wildman–Crippen LogP) is 3.22. The van der Waals surface area contributed by atoms with Crippen molar-refractivity contribution in [2.24, 2.45) is 0 Å². The molecular weight excluding hydrogens is 260 g/mol. The first-order valence-corrected chi connectivity index (χ1v) is 6.68. The summed E-state index contributed by atoms with van der Waals surface area (Å²) in [7, 11) is 0. The van der Waals surface area contributed by atoms with E-state index in [1.54, 1.807) is 19.1 Å². The van der Waals surface area contributed by atoms with Gasteiger partial charge in [0.15, 0.2) is 5.75 Å². The first kappa shape index (κ1) is 16.2. The SMILES string of the molecule is CCOc1cc(NCC(C)(C)OCC)ccc1[N+](=O)[O-]. The highest BCUT2D eigenvalue weighted by atomic mass is 16.6. The summed E-state index contributed by atoms with van der Waals surface area (Å²) in [5.41, 5.74) is 0.441. The maximum absolute atomic E-state index is 10.9. The van der Waals surface area contributed by atoms with Crippen molar-refractivity contribution in [1.29, 1.82) is 0 Å². The number of ether oxygens (including phenoxy) is 2. The van der Waals surface area contributed by atoms with Crippen LogP contribution in [0, 0.1) is 10.1 Å². The lowest BCUT2D eigenvalue weighted by Gasteiger charge is -2.25. The highest BCUT2D eigenvalue weighted by Crippen LogP contribution is 2.30. The highest BCUT2D eigenvalue weighted by molar-refractivity contribution is 5.58. The molecule has 0 aliphatic carbocycles. The predicted molar refractivity (Wildman–Crippen MR) is 78.5 cm³/mol. The van der Waals surface area contributed by atoms with E-state index in [9.17, 15) is 10.1 Å². The second-order valence-corrected chi connectivity index (χ2v) is 4.92. The zero-order valence-electron chi connectivity index (χ0n) is 12.4. The Hall–Kier alpha value is -1.82. The Labute approximate surface area is 119 Å². The van der Waals surface area contributed by atoms with E-state index in [1.165, 1.54) is 6.07 Å². The second kappa shape index (κ2) is 7.09. The summed E-state index contributed by atoms with van der Waals surface area (Å²) in [6.07, 6.45) is 0. The average Bonchev–Trinajstić information content (AvgIpc) is 2.37. The molecule has 0 atom stereocenters. The van der Waals surface area contributed by atoms with Crippen LogP contribution in [0.2, 0.25) is 0 Å².